The van der Waals surface area contributed by atoms with Gasteiger partial charge < -0.3 is 13.9 Å². The number of rotatable bonds is 14. The van der Waals surface area contributed by atoms with Gasteiger partial charge >= 0.3 is 0 Å². The highest BCUT2D eigenvalue weighted by molar-refractivity contribution is 7.86. The summed E-state index contributed by atoms with van der Waals surface area (Å²) in [5.74, 6) is 0.743. The first-order valence-electron chi connectivity index (χ1n) is 14.5. The maximum absolute atomic E-state index is 13.1. The van der Waals surface area contributed by atoms with Gasteiger partial charge in [-0.3, -0.25) is 4.18 Å². The Kier molecular flexibility index (Phi) is 11.0. The van der Waals surface area contributed by atoms with Gasteiger partial charge in [0, 0.05) is 0 Å². The highest BCUT2D eigenvalue weighted by Crippen LogP contribution is 2.37. The summed E-state index contributed by atoms with van der Waals surface area (Å²) in [6.07, 6.45) is -0.663. The highest BCUT2D eigenvalue weighted by atomic mass is 32.2. The average Bonchev–Trinajstić information content (AvgIpc) is 2.99. The Bertz CT molecular complexity index is 1480. The van der Waals surface area contributed by atoms with E-state index in [-0.39, 0.29) is 29.8 Å². The van der Waals surface area contributed by atoms with E-state index in [0.29, 0.717) is 6.61 Å². The molecule has 4 aromatic rings. The molecular weight excluding hydrogens is 577 g/mol. The molecule has 0 aliphatic carbocycles. The zero-order chi connectivity index (χ0) is 30.9. The Morgan fingerprint density at radius 3 is 1.70 bits per heavy atom. The third-order valence-corrected chi connectivity index (χ3v) is 13.6. The van der Waals surface area contributed by atoms with Crippen molar-refractivity contribution in [1.29, 1.82) is 0 Å². The molecule has 0 radical (unpaired) electrons. The molecule has 0 unspecified atom stereocenters. The molecule has 0 bridgehead atoms. The highest BCUT2D eigenvalue weighted by Gasteiger charge is 2.50. The zero-order valence-corrected chi connectivity index (χ0v) is 27.5. The minimum atomic E-state index is -3.99. The first kappa shape index (κ1) is 32.6. The standard InChI is InChI=1S/C35H42O6SSi/c1-28-16-20-30(21-17-28)38-24-25-39-31(26-40-42(36,37)32-22-18-29(2)19-23-32)27-41-43(35(3,4)5,33-12-8-6-9-13-33)34-14-10-7-11-15-34/h6-23,31H,24-27H2,1-5H3/t31-/m0/s1. The van der Waals surface area contributed by atoms with Crippen molar-refractivity contribution in [2.45, 2.75) is 50.7 Å². The summed E-state index contributed by atoms with van der Waals surface area (Å²) >= 11 is 0. The lowest BCUT2D eigenvalue weighted by molar-refractivity contribution is -0.0184. The van der Waals surface area contributed by atoms with Crippen LogP contribution in [0.3, 0.4) is 0 Å². The Labute approximate surface area is 257 Å². The number of hydrogen-bond acceptors (Lipinski definition) is 6. The monoisotopic (exact) mass is 618 g/mol. The molecular formula is C35H42O6SSi. The van der Waals surface area contributed by atoms with Crippen LogP contribution in [0, 0.1) is 13.8 Å². The summed E-state index contributed by atoms with van der Waals surface area (Å²) in [6, 6.07) is 35.0. The van der Waals surface area contributed by atoms with E-state index in [2.05, 4.69) is 45.0 Å². The maximum atomic E-state index is 13.1. The van der Waals surface area contributed by atoms with Gasteiger partial charge in [0.25, 0.3) is 18.4 Å². The molecule has 0 spiro atoms. The Morgan fingerprint density at radius 2 is 1.19 bits per heavy atom. The molecule has 8 heteroatoms. The largest absolute Gasteiger partial charge is 0.491 e. The second-order valence-corrected chi connectivity index (χ2v) is 17.6. The minimum Gasteiger partial charge on any atom is -0.491 e. The van der Waals surface area contributed by atoms with Crippen LogP contribution in [0.25, 0.3) is 0 Å². The second kappa shape index (κ2) is 14.5. The van der Waals surface area contributed by atoms with Crippen LogP contribution >= 0.6 is 0 Å². The van der Waals surface area contributed by atoms with Gasteiger partial charge in [0.2, 0.25) is 0 Å². The number of hydrogen-bond donors (Lipinski definition) is 0. The fraction of sp³-hybridized carbons (Fsp3) is 0.314. The van der Waals surface area contributed by atoms with Crippen LogP contribution in [0.1, 0.15) is 31.9 Å². The molecule has 0 saturated heterocycles. The van der Waals surface area contributed by atoms with Crippen LogP contribution in [-0.4, -0.2) is 49.3 Å². The van der Waals surface area contributed by atoms with Crippen molar-refractivity contribution in [3.63, 3.8) is 0 Å². The first-order chi connectivity index (χ1) is 20.5. The summed E-state index contributed by atoms with van der Waals surface area (Å²) in [4.78, 5) is 0.104. The molecule has 6 nitrogen and oxygen atoms in total. The lowest BCUT2D eigenvalue weighted by Gasteiger charge is -2.43. The summed E-state index contributed by atoms with van der Waals surface area (Å²) < 4.78 is 50.8. The number of benzene rings is 4. The summed E-state index contributed by atoms with van der Waals surface area (Å²) in [5, 5.41) is 2.01. The number of aryl methyl sites for hydroxylation is 2. The van der Waals surface area contributed by atoms with Crippen molar-refractivity contribution in [2.75, 3.05) is 26.4 Å². The summed E-state index contributed by atoms with van der Waals surface area (Å²) in [6.45, 7) is 11.0. The van der Waals surface area contributed by atoms with Crippen molar-refractivity contribution in [3.8, 4) is 5.75 Å². The van der Waals surface area contributed by atoms with E-state index in [0.717, 1.165) is 27.2 Å². The molecule has 1 atom stereocenters. The lowest BCUT2D eigenvalue weighted by Crippen LogP contribution is -2.67. The molecule has 4 aromatic carbocycles. The van der Waals surface area contributed by atoms with Crippen LogP contribution < -0.4 is 15.1 Å². The Morgan fingerprint density at radius 1 is 0.674 bits per heavy atom. The topological polar surface area (TPSA) is 71.1 Å². The fourth-order valence-corrected chi connectivity index (χ4v) is 10.6. The molecule has 0 saturated carbocycles. The van der Waals surface area contributed by atoms with Crippen molar-refractivity contribution in [1.82, 2.24) is 0 Å². The molecule has 4 rings (SSSR count). The van der Waals surface area contributed by atoms with E-state index >= 15 is 0 Å². The normalized spacial score (nSPS) is 13.0. The predicted molar refractivity (Wildman–Crippen MR) is 174 cm³/mol. The average molecular weight is 619 g/mol. The van der Waals surface area contributed by atoms with E-state index in [4.69, 9.17) is 18.1 Å². The minimum absolute atomic E-state index is 0.104. The maximum Gasteiger partial charge on any atom is 0.297 e. The van der Waals surface area contributed by atoms with Gasteiger partial charge in [0.05, 0.1) is 24.7 Å². The summed E-state index contributed by atoms with van der Waals surface area (Å²) in [5.41, 5.74) is 2.11. The zero-order valence-electron chi connectivity index (χ0n) is 25.7. The van der Waals surface area contributed by atoms with Crippen molar-refractivity contribution >= 4 is 28.8 Å². The fourth-order valence-electron chi connectivity index (χ4n) is 5.07. The quantitative estimate of drug-likeness (QED) is 0.0974. The van der Waals surface area contributed by atoms with Crippen LogP contribution in [0.4, 0.5) is 0 Å². The molecule has 228 valence electrons. The smallest absolute Gasteiger partial charge is 0.297 e. The molecule has 0 fully saturated rings. The first-order valence-corrected chi connectivity index (χ1v) is 17.8. The third-order valence-electron chi connectivity index (χ3n) is 7.35. The Hall–Kier alpha value is -3.27. The molecule has 0 heterocycles. The van der Waals surface area contributed by atoms with Crippen LogP contribution in [-0.2, 0) is 23.5 Å². The van der Waals surface area contributed by atoms with Crippen LogP contribution in [0.2, 0.25) is 5.04 Å². The van der Waals surface area contributed by atoms with Gasteiger partial charge in [0.1, 0.15) is 18.5 Å². The molecule has 0 amide bonds. The second-order valence-electron chi connectivity index (χ2n) is 11.7. The van der Waals surface area contributed by atoms with Crippen LogP contribution in [0.15, 0.2) is 114 Å². The van der Waals surface area contributed by atoms with Crippen LogP contribution in [0.5, 0.6) is 5.75 Å². The van der Waals surface area contributed by atoms with Gasteiger partial charge in [-0.1, -0.05) is 117 Å². The van der Waals surface area contributed by atoms with Crippen molar-refractivity contribution < 1.29 is 26.5 Å². The summed E-state index contributed by atoms with van der Waals surface area (Å²) in [7, 11) is -6.87. The number of ether oxygens (including phenoxy) is 2. The third kappa shape index (κ3) is 8.43. The lowest BCUT2D eigenvalue weighted by atomic mass is 10.2. The van der Waals surface area contributed by atoms with E-state index in [1.165, 1.54) is 0 Å². The molecule has 0 aliphatic heterocycles. The molecule has 0 aromatic heterocycles. The van der Waals surface area contributed by atoms with E-state index in [1.54, 1.807) is 24.3 Å². The molecule has 0 aliphatic rings. The van der Waals surface area contributed by atoms with Gasteiger partial charge in [-0.2, -0.15) is 8.42 Å². The van der Waals surface area contributed by atoms with E-state index < -0.39 is 24.5 Å². The predicted octanol–water partition coefficient (Wildman–Crippen LogP) is 6.05. The molecule has 0 N–H and O–H groups in total. The van der Waals surface area contributed by atoms with Gasteiger partial charge in [-0.15, -0.1) is 0 Å². The van der Waals surface area contributed by atoms with Crippen molar-refractivity contribution in [2.24, 2.45) is 0 Å². The van der Waals surface area contributed by atoms with Crippen molar-refractivity contribution in [3.05, 3.63) is 120 Å². The molecule has 43 heavy (non-hydrogen) atoms. The van der Waals surface area contributed by atoms with E-state index in [1.807, 2.05) is 74.5 Å². The van der Waals surface area contributed by atoms with Gasteiger partial charge in [-0.25, -0.2) is 0 Å². The van der Waals surface area contributed by atoms with Gasteiger partial charge in [0.15, 0.2) is 0 Å². The van der Waals surface area contributed by atoms with E-state index in [9.17, 15) is 8.42 Å². The Balaban J connectivity index is 1.57. The van der Waals surface area contributed by atoms with Gasteiger partial charge in [-0.05, 0) is 53.5 Å². The SMILES string of the molecule is Cc1ccc(OCCO[C@H](CO[Si](c2ccccc2)(c2ccccc2)C(C)(C)C)COS(=O)(=O)c2ccc(C)cc2)cc1.